The van der Waals surface area contributed by atoms with Gasteiger partial charge in [0.25, 0.3) is 0 Å². The Hall–Kier alpha value is -1.05. The Morgan fingerprint density at radius 3 is 2.08 bits per heavy atom. The van der Waals surface area contributed by atoms with Gasteiger partial charge in [0.15, 0.2) is 0 Å². The molecule has 0 saturated heterocycles. The van der Waals surface area contributed by atoms with Crippen molar-refractivity contribution in [3.8, 4) is 5.75 Å². The highest BCUT2D eigenvalue weighted by atomic mass is 19.1. The molecule has 1 aromatic carbocycles. The third kappa shape index (κ3) is 1.58. The molecule has 0 unspecified atom stereocenters. The average Bonchev–Trinajstić information content (AvgIpc) is 2.03. The number of ether oxygens (including phenoxy) is 1. The van der Waals surface area contributed by atoms with Crippen LogP contribution < -0.4 is 4.74 Å². The van der Waals surface area contributed by atoms with Gasteiger partial charge in [-0.3, -0.25) is 0 Å². The molecular formula is C10H13FO. The van der Waals surface area contributed by atoms with Gasteiger partial charge in [-0.1, -0.05) is 0 Å². The molecule has 0 aliphatic carbocycles. The van der Waals surface area contributed by atoms with Crippen molar-refractivity contribution < 1.29 is 9.13 Å². The molecule has 0 amide bonds. The molecule has 66 valence electrons. The van der Waals surface area contributed by atoms with Crippen molar-refractivity contribution in [1.82, 2.24) is 0 Å². The van der Waals surface area contributed by atoms with Crippen molar-refractivity contribution in [2.45, 2.75) is 20.5 Å². The molecule has 1 nitrogen and oxygen atoms in total. The fraction of sp³-hybridized carbons (Fsp3) is 0.400. The number of benzene rings is 1. The maximum absolute atomic E-state index is 12.4. The Balaban J connectivity index is 3.18. The van der Waals surface area contributed by atoms with Gasteiger partial charge in [-0.15, -0.1) is 0 Å². The van der Waals surface area contributed by atoms with E-state index in [1.54, 1.807) is 7.11 Å². The summed E-state index contributed by atoms with van der Waals surface area (Å²) in [4.78, 5) is 0. The van der Waals surface area contributed by atoms with E-state index in [1.807, 2.05) is 26.0 Å². The SMILES string of the molecule is COc1cc(C)c(CF)c(C)c1. The van der Waals surface area contributed by atoms with Crippen molar-refractivity contribution in [2.24, 2.45) is 0 Å². The van der Waals surface area contributed by atoms with Crippen LogP contribution in [0.2, 0.25) is 0 Å². The topological polar surface area (TPSA) is 9.23 Å². The van der Waals surface area contributed by atoms with E-state index in [4.69, 9.17) is 4.74 Å². The Morgan fingerprint density at radius 1 is 1.25 bits per heavy atom. The maximum atomic E-state index is 12.4. The van der Waals surface area contributed by atoms with Crippen molar-refractivity contribution >= 4 is 0 Å². The maximum Gasteiger partial charge on any atom is 0.119 e. The molecule has 0 fully saturated rings. The predicted octanol–water partition coefficient (Wildman–Crippen LogP) is 2.78. The second-order valence-electron chi connectivity index (χ2n) is 2.87. The molecule has 2 heteroatoms. The third-order valence-electron chi connectivity index (χ3n) is 2.04. The monoisotopic (exact) mass is 168 g/mol. The summed E-state index contributed by atoms with van der Waals surface area (Å²) in [7, 11) is 1.61. The van der Waals surface area contributed by atoms with E-state index in [9.17, 15) is 4.39 Å². The molecule has 0 aliphatic rings. The minimum absolute atomic E-state index is 0.401. The number of methoxy groups -OCH3 is 1. The first-order valence-electron chi connectivity index (χ1n) is 3.89. The van der Waals surface area contributed by atoms with Crippen LogP contribution >= 0.6 is 0 Å². The number of aryl methyl sites for hydroxylation is 2. The third-order valence-corrected chi connectivity index (χ3v) is 2.04. The predicted molar refractivity (Wildman–Crippen MR) is 47.3 cm³/mol. The van der Waals surface area contributed by atoms with Gasteiger partial charge in [0.2, 0.25) is 0 Å². The number of hydrogen-bond donors (Lipinski definition) is 0. The van der Waals surface area contributed by atoms with Gasteiger partial charge < -0.3 is 4.74 Å². The van der Waals surface area contributed by atoms with Crippen molar-refractivity contribution in [3.63, 3.8) is 0 Å². The van der Waals surface area contributed by atoms with Gasteiger partial charge in [-0.2, -0.15) is 0 Å². The minimum atomic E-state index is -0.401. The Morgan fingerprint density at radius 2 is 1.75 bits per heavy atom. The largest absolute Gasteiger partial charge is 0.497 e. The van der Waals surface area contributed by atoms with Gasteiger partial charge in [0.1, 0.15) is 12.4 Å². The van der Waals surface area contributed by atoms with Crippen LogP contribution in [0.15, 0.2) is 12.1 Å². The molecule has 12 heavy (non-hydrogen) atoms. The first-order chi connectivity index (χ1) is 5.69. The van der Waals surface area contributed by atoms with E-state index in [-0.39, 0.29) is 0 Å². The summed E-state index contributed by atoms with van der Waals surface area (Å²) in [6.45, 7) is 3.39. The second-order valence-corrected chi connectivity index (χ2v) is 2.87. The van der Waals surface area contributed by atoms with Crippen LogP contribution in [-0.4, -0.2) is 7.11 Å². The first kappa shape index (κ1) is 9.04. The molecule has 0 aliphatic heterocycles. The summed E-state index contributed by atoms with van der Waals surface area (Å²) < 4.78 is 17.5. The van der Waals surface area contributed by atoms with Crippen molar-refractivity contribution in [3.05, 3.63) is 28.8 Å². The summed E-state index contributed by atoms with van der Waals surface area (Å²) in [5.41, 5.74) is 2.68. The molecule has 0 spiro atoms. The lowest BCUT2D eigenvalue weighted by atomic mass is 10.0. The Labute approximate surface area is 72.2 Å². The summed E-state index contributed by atoms with van der Waals surface area (Å²) in [6, 6.07) is 3.70. The molecule has 0 atom stereocenters. The molecule has 1 rings (SSSR count). The summed E-state index contributed by atoms with van der Waals surface area (Å²) in [5.74, 6) is 0.794. The molecular weight excluding hydrogens is 155 g/mol. The Bertz CT molecular complexity index is 258. The lowest BCUT2D eigenvalue weighted by molar-refractivity contribution is 0.413. The van der Waals surface area contributed by atoms with E-state index in [1.165, 1.54) is 0 Å². The lowest BCUT2D eigenvalue weighted by Gasteiger charge is -2.08. The fourth-order valence-electron chi connectivity index (χ4n) is 1.28. The zero-order valence-corrected chi connectivity index (χ0v) is 7.65. The van der Waals surface area contributed by atoms with Gasteiger partial charge in [-0.05, 0) is 42.7 Å². The molecule has 0 radical (unpaired) electrons. The molecule has 0 aromatic heterocycles. The highest BCUT2D eigenvalue weighted by molar-refractivity contribution is 5.40. The van der Waals surface area contributed by atoms with Crippen molar-refractivity contribution in [1.29, 1.82) is 0 Å². The first-order valence-corrected chi connectivity index (χ1v) is 3.89. The number of halogens is 1. The standard InChI is InChI=1S/C10H13FO/c1-7-4-9(12-3)5-8(2)10(7)6-11/h4-5H,6H2,1-3H3. The minimum Gasteiger partial charge on any atom is -0.497 e. The fourth-order valence-corrected chi connectivity index (χ4v) is 1.28. The second kappa shape index (κ2) is 3.57. The molecule has 0 N–H and O–H groups in total. The zero-order chi connectivity index (χ0) is 9.14. The van der Waals surface area contributed by atoms with E-state index >= 15 is 0 Å². The van der Waals surface area contributed by atoms with Gasteiger partial charge in [-0.25, -0.2) is 4.39 Å². The lowest BCUT2D eigenvalue weighted by Crippen LogP contribution is -1.92. The molecule has 0 heterocycles. The van der Waals surface area contributed by atoms with E-state index in [2.05, 4.69) is 0 Å². The number of alkyl halides is 1. The van der Waals surface area contributed by atoms with Crippen LogP contribution in [0.5, 0.6) is 5.75 Å². The van der Waals surface area contributed by atoms with E-state index in [0.29, 0.717) is 0 Å². The highest BCUT2D eigenvalue weighted by Crippen LogP contribution is 2.21. The highest BCUT2D eigenvalue weighted by Gasteiger charge is 2.04. The molecule has 0 bridgehead atoms. The quantitative estimate of drug-likeness (QED) is 0.659. The van der Waals surface area contributed by atoms with Gasteiger partial charge in [0.05, 0.1) is 7.11 Å². The van der Waals surface area contributed by atoms with Crippen LogP contribution in [0.25, 0.3) is 0 Å². The molecule has 1 aromatic rings. The van der Waals surface area contributed by atoms with E-state index < -0.39 is 6.67 Å². The average molecular weight is 168 g/mol. The van der Waals surface area contributed by atoms with Crippen LogP contribution in [0.1, 0.15) is 16.7 Å². The van der Waals surface area contributed by atoms with Crippen LogP contribution in [0, 0.1) is 13.8 Å². The van der Waals surface area contributed by atoms with Crippen molar-refractivity contribution in [2.75, 3.05) is 7.11 Å². The van der Waals surface area contributed by atoms with E-state index in [0.717, 1.165) is 22.4 Å². The summed E-state index contributed by atoms with van der Waals surface area (Å²) in [5, 5.41) is 0. The number of rotatable bonds is 2. The number of hydrogen-bond acceptors (Lipinski definition) is 1. The van der Waals surface area contributed by atoms with Gasteiger partial charge in [0, 0.05) is 0 Å². The smallest absolute Gasteiger partial charge is 0.119 e. The summed E-state index contributed by atoms with van der Waals surface area (Å²) >= 11 is 0. The van der Waals surface area contributed by atoms with Crippen LogP contribution in [0.4, 0.5) is 4.39 Å². The van der Waals surface area contributed by atoms with Crippen LogP contribution in [-0.2, 0) is 6.67 Å². The normalized spacial score (nSPS) is 10.0. The van der Waals surface area contributed by atoms with Crippen LogP contribution in [0.3, 0.4) is 0 Å². The zero-order valence-electron chi connectivity index (χ0n) is 7.65. The molecule has 0 saturated carbocycles. The van der Waals surface area contributed by atoms with Gasteiger partial charge >= 0.3 is 0 Å². The summed E-state index contributed by atoms with van der Waals surface area (Å²) in [6.07, 6.45) is 0. The Kier molecular flexibility index (Phi) is 2.69.